The molecule has 0 aromatic heterocycles. The molecule has 2 atom stereocenters. The Hall–Kier alpha value is -1.57. The summed E-state index contributed by atoms with van der Waals surface area (Å²) in [6.45, 7) is 6.45. The standard InChI is InChI=1S/C21H28O2/c1-4-13-11-14(5-2)18(15(6-3)12-13)19-20(22)16-9-7-8-10-17(16)21(19)23/h11-12,16-17,22H,4-10H2,1-3H3. The zero-order chi connectivity index (χ0) is 16.6. The predicted octanol–water partition coefficient (Wildman–Crippen LogP) is 5.03. The Balaban J connectivity index is 2.17. The summed E-state index contributed by atoms with van der Waals surface area (Å²) >= 11 is 0. The summed E-state index contributed by atoms with van der Waals surface area (Å²) in [5.41, 5.74) is 5.46. The van der Waals surface area contributed by atoms with Crippen LogP contribution in [-0.2, 0) is 24.1 Å². The monoisotopic (exact) mass is 312 g/mol. The van der Waals surface area contributed by atoms with Crippen LogP contribution in [0.5, 0.6) is 0 Å². The normalized spacial score (nSPS) is 24.2. The van der Waals surface area contributed by atoms with Crippen molar-refractivity contribution in [3.05, 3.63) is 40.1 Å². The zero-order valence-corrected chi connectivity index (χ0v) is 14.6. The summed E-state index contributed by atoms with van der Waals surface area (Å²) in [7, 11) is 0. The second kappa shape index (κ2) is 6.51. The van der Waals surface area contributed by atoms with E-state index in [1.54, 1.807) is 0 Å². The van der Waals surface area contributed by atoms with Crippen molar-refractivity contribution in [2.45, 2.75) is 65.7 Å². The quantitative estimate of drug-likeness (QED) is 0.846. The average Bonchev–Trinajstić information content (AvgIpc) is 2.85. The molecule has 2 unspecified atom stereocenters. The molecule has 0 aliphatic heterocycles. The van der Waals surface area contributed by atoms with Gasteiger partial charge in [-0.2, -0.15) is 0 Å². The topological polar surface area (TPSA) is 37.3 Å². The van der Waals surface area contributed by atoms with Gasteiger partial charge in [0.05, 0.1) is 5.57 Å². The van der Waals surface area contributed by atoms with E-state index in [4.69, 9.17) is 0 Å². The van der Waals surface area contributed by atoms with E-state index >= 15 is 0 Å². The number of allylic oxidation sites excluding steroid dienone is 2. The highest BCUT2D eigenvalue weighted by atomic mass is 16.3. The maximum absolute atomic E-state index is 13.0. The van der Waals surface area contributed by atoms with E-state index in [-0.39, 0.29) is 17.6 Å². The number of rotatable bonds is 4. The number of carbonyl (C=O) groups excluding carboxylic acids is 1. The Morgan fingerprint density at radius 2 is 1.52 bits per heavy atom. The van der Waals surface area contributed by atoms with Crippen LogP contribution in [-0.4, -0.2) is 10.9 Å². The summed E-state index contributed by atoms with van der Waals surface area (Å²) in [4.78, 5) is 13.0. The predicted molar refractivity (Wildman–Crippen MR) is 94.6 cm³/mol. The van der Waals surface area contributed by atoms with E-state index in [0.717, 1.165) is 50.5 Å². The Bertz CT molecular complexity index is 629. The van der Waals surface area contributed by atoms with Crippen LogP contribution in [0.2, 0.25) is 0 Å². The van der Waals surface area contributed by atoms with Crippen LogP contribution in [0.4, 0.5) is 0 Å². The molecule has 1 fully saturated rings. The molecule has 23 heavy (non-hydrogen) atoms. The lowest BCUT2D eigenvalue weighted by atomic mass is 9.80. The van der Waals surface area contributed by atoms with Crippen molar-refractivity contribution in [3.63, 3.8) is 0 Å². The molecule has 1 saturated carbocycles. The maximum atomic E-state index is 13.0. The fourth-order valence-corrected chi connectivity index (χ4v) is 4.44. The van der Waals surface area contributed by atoms with Crippen molar-refractivity contribution in [3.8, 4) is 0 Å². The second-order valence-electron chi connectivity index (χ2n) is 6.97. The van der Waals surface area contributed by atoms with E-state index in [1.165, 1.54) is 16.7 Å². The van der Waals surface area contributed by atoms with Gasteiger partial charge in [-0.1, -0.05) is 45.7 Å². The number of fused-ring (bicyclic) bond motifs is 1. The van der Waals surface area contributed by atoms with Gasteiger partial charge in [-0.15, -0.1) is 0 Å². The van der Waals surface area contributed by atoms with Gasteiger partial charge in [0.25, 0.3) is 0 Å². The molecule has 1 aromatic rings. The fraction of sp³-hybridized carbons (Fsp3) is 0.571. The molecule has 0 amide bonds. The van der Waals surface area contributed by atoms with Crippen molar-refractivity contribution >= 4 is 11.4 Å². The van der Waals surface area contributed by atoms with Crippen molar-refractivity contribution in [2.75, 3.05) is 0 Å². The first-order valence-corrected chi connectivity index (χ1v) is 9.24. The summed E-state index contributed by atoms with van der Waals surface area (Å²) in [5.74, 6) is 0.680. The first kappa shape index (κ1) is 16.3. The van der Waals surface area contributed by atoms with Gasteiger partial charge in [-0.3, -0.25) is 4.79 Å². The van der Waals surface area contributed by atoms with Crippen molar-refractivity contribution < 1.29 is 9.90 Å². The van der Waals surface area contributed by atoms with Crippen LogP contribution < -0.4 is 0 Å². The number of hydrogen-bond donors (Lipinski definition) is 1. The molecular weight excluding hydrogens is 284 g/mol. The molecule has 3 rings (SSSR count). The SMILES string of the molecule is CCc1cc(CC)c(C2=C(O)C3CCCCC3C2=O)c(CC)c1. The third-order valence-electron chi connectivity index (χ3n) is 5.74. The van der Waals surface area contributed by atoms with Crippen LogP contribution in [0.15, 0.2) is 17.9 Å². The largest absolute Gasteiger partial charge is 0.511 e. The lowest BCUT2D eigenvalue weighted by Gasteiger charge is -2.23. The molecule has 0 heterocycles. The van der Waals surface area contributed by atoms with Gasteiger partial charge in [0.15, 0.2) is 5.78 Å². The molecule has 124 valence electrons. The molecule has 0 saturated heterocycles. The van der Waals surface area contributed by atoms with Crippen molar-refractivity contribution in [2.24, 2.45) is 11.8 Å². The van der Waals surface area contributed by atoms with Crippen LogP contribution in [0.25, 0.3) is 5.57 Å². The van der Waals surface area contributed by atoms with Crippen molar-refractivity contribution in [1.29, 1.82) is 0 Å². The Morgan fingerprint density at radius 1 is 0.957 bits per heavy atom. The smallest absolute Gasteiger partial charge is 0.170 e. The Morgan fingerprint density at radius 3 is 2.00 bits per heavy atom. The minimum Gasteiger partial charge on any atom is -0.511 e. The van der Waals surface area contributed by atoms with Gasteiger partial charge >= 0.3 is 0 Å². The van der Waals surface area contributed by atoms with Crippen LogP contribution in [0.1, 0.15) is 68.7 Å². The third kappa shape index (κ3) is 2.62. The highest BCUT2D eigenvalue weighted by molar-refractivity contribution is 6.25. The summed E-state index contributed by atoms with van der Waals surface area (Å²) in [5, 5.41) is 10.8. The van der Waals surface area contributed by atoms with Gasteiger partial charge in [-0.05, 0) is 54.4 Å². The minimum atomic E-state index is 0.0269. The molecular formula is C21H28O2. The molecule has 1 N–H and O–H groups in total. The number of aliphatic hydroxyl groups is 1. The van der Waals surface area contributed by atoms with Crippen LogP contribution in [0, 0.1) is 11.8 Å². The number of Topliss-reactive ketones (excluding diaryl/α,β-unsaturated/α-hetero) is 1. The Kier molecular flexibility index (Phi) is 4.61. The summed E-state index contributed by atoms with van der Waals surface area (Å²) in [6, 6.07) is 4.45. The average molecular weight is 312 g/mol. The lowest BCUT2D eigenvalue weighted by Crippen LogP contribution is -2.21. The molecule has 1 aromatic carbocycles. The van der Waals surface area contributed by atoms with Crippen molar-refractivity contribution in [1.82, 2.24) is 0 Å². The van der Waals surface area contributed by atoms with Gasteiger partial charge in [0, 0.05) is 11.8 Å². The number of hydrogen-bond acceptors (Lipinski definition) is 2. The van der Waals surface area contributed by atoms with Crippen LogP contribution >= 0.6 is 0 Å². The maximum Gasteiger partial charge on any atom is 0.170 e. The number of aliphatic hydroxyl groups excluding tert-OH is 1. The molecule has 2 aliphatic carbocycles. The Labute approximate surface area is 139 Å². The van der Waals surface area contributed by atoms with Crippen LogP contribution in [0.3, 0.4) is 0 Å². The molecule has 0 spiro atoms. The molecule has 2 nitrogen and oxygen atoms in total. The van der Waals surface area contributed by atoms with Gasteiger partial charge < -0.3 is 5.11 Å². The van der Waals surface area contributed by atoms with Gasteiger partial charge in [0.1, 0.15) is 5.76 Å². The van der Waals surface area contributed by atoms with Gasteiger partial charge in [-0.25, -0.2) is 0 Å². The van der Waals surface area contributed by atoms with Gasteiger partial charge in [0.2, 0.25) is 0 Å². The molecule has 2 aliphatic rings. The molecule has 2 heteroatoms. The minimum absolute atomic E-state index is 0.0269. The van der Waals surface area contributed by atoms with E-state index in [2.05, 4.69) is 32.9 Å². The first-order chi connectivity index (χ1) is 11.1. The third-order valence-corrected chi connectivity index (χ3v) is 5.74. The number of ketones is 1. The first-order valence-electron chi connectivity index (χ1n) is 9.24. The highest BCUT2D eigenvalue weighted by Gasteiger charge is 2.44. The summed E-state index contributed by atoms with van der Waals surface area (Å²) in [6.07, 6.45) is 6.94. The second-order valence-corrected chi connectivity index (χ2v) is 6.97. The van der Waals surface area contributed by atoms with E-state index in [1.807, 2.05) is 0 Å². The number of carbonyl (C=O) groups is 1. The van der Waals surface area contributed by atoms with E-state index < -0.39 is 0 Å². The van der Waals surface area contributed by atoms with E-state index in [9.17, 15) is 9.90 Å². The zero-order valence-electron chi connectivity index (χ0n) is 14.6. The van der Waals surface area contributed by atoms with E-state index in [0.29, 0.717) is 11.3 Å². The highest BCUT2D eigenvalue weighted by Crippen LogP contribution is 2.47. The molecule has 0 radical (unpaired) electrons. The lowest BCUT2D eigenvalue weighted by molar-refractivity contribution is -0.118. The molecule has 0 bridgehead atoms. The number of benzene rings is 1. The number of aryl methyl sites for hydroxylation is 3. The summed E-state index contributed by atoms with van der Waals surface area (Å²) < 4.78 is 0. The fourth-order valence-electron chi connectivity index (χ4n) is 4.44.